The monoisotopic (exact) mass is 310 g/mol. The average Bonchev–Trinajstić information content (AvgIpc) is 1.96. The Balaban J connectivity index is 4.06. The lowest BCUT2D eigenvalue weighted by atomic mass is 10.6. The summed E-state index contributed by atoms with van der Waals surface area (Å²) in [6, 6.07) is 0. The van der Waals surface area contributed by atoms with Crippen molar-refractivity contribution in [2.24, 2.45) is 0 Å². The van der Waals surface area contributed by atoms with Crippen LogP contribution in [0.25, 0.3) is 0 Å². The van der Waals surface area contributed by atoms with E-state index >= 15 is 0 Å². The van der Waals surface area contributed by atoms with E-state index in [2.05, 4.69) is 0 Å². The zero-order valence-electron chi connectivity index (χ0n) is 8.81. The Hall–Kier alpha value is -0.230. The summed E-state index contributed by atoms with van der Waals surface area (Å²) >= 11 is 0. The van der Waals surface area contributed by atoms with Crippen molar-refractivity contribution in [2.45, 2.75) is 12.8 Å². The third-order valence-corrected chi connectivity index (χ3v) is 5.15. The van der Waals surface area contributed by atoms with Gasteiger partial charge < -0.3 is 0 Å². The second-order valence-corrected chi connectivity index (χ2v) is 8.88. The number of hydrogen-bond acceptors (Lipinski definition) is 6. The molecule has 0 bridgehead atoms. The van der Waals surface area contributed by atoms with Crippen LogP contribution in [0.4, 0.5) is 0 Å². The summed E-state index contributed by atoms with van der Waals surface area (Å²) in [6.07, 6.45) is -0.514. The molecule has 0 radical (unpaired) electrons. The Labute approximate surface area is 100 Å². The largest absolute Gasteiger partial charge is 0.286 e. The van der Waals surface area contributed by atoms with E-state index in [0.717, 1.165) is 0 Å². The number of rotatable bonds is 8. The van der Waals surface area contributed by atoms with E-state index in [1.807, 2.05) is 0 Å². The molecule has 8 nitrogen and oxygen atoms in total. The van der Waals surface area contributed by atoms with Crippen molar-refractivity contribution in [2.75, 3.05) is 23.0 Å². The van der Waals surface area contributed by atoms with Gasteiger partial charge in [-0.15, -0.1) is 0 Å². The van der Waals surface area contributed by atoms with Gasteiger partial charge in [-0.3, -0.25) is 9.11 Å². The van der Waals surface area contributed by atoms with Crippen LogP contribution in [0.3, 0.4) is 0 Å². The molecule has 0 aliphatic carbocycles. The summed E-state index contributed by atoms with van der Waals surface area (Å²) in [5, 5.41) is 0. The molecule has 0 amide bonds. The first-order valence-electron chi connectivity index (χ1n) is 4.52. The third kappa shape index (κ3) is 12.0. The molecule has 0 aliphatic heterocycles. The second kappa shape index (κ2) is 6.09. The Morgan fingerprint density at radius 1 is 0.588 bits per heavy atom. The molecule has 0 aromatic heterocycles. The van der Waals surface area contributed by atoms with Crippen LogP contribution in [0.15, 0.2) is 0 Å². The van der Waals surface area contributed by atoms with Gasteiger partial charge in [-0.05, 0) is 12.8 Å². The molecule has 0 spiro atoms. The minimum absolute atomic E-state index is 0.257. The number of hydrogen-bond donors (Lipinski definition) is 2. The first-order valence-corrected chi connectivity index (χ1v) is 9.56. The first-order chi connectivity index (χ1) is 7.41. The Morgan fingerprint density at radius 2 is 0.882 bits per heavy atom. The smallest absolute Gasteiger partial charge is 0.264 e. The lowest BCUT2D eigenvalue weighted by Gasteiger charge is -2.02. The molecule has 17 heavy (non-hydrogen) atoms. The quantitative estimate of drug-likeness (QED) is 0.541. The van der Waals surface area contributed by atoms with E-state index in [9.17, 15) is 25.3 Å². The molecule has 0 saturated carbocycles. The molecule has 0 aromatic carbocycles. The van der Waals surface area contributed by atoms with Crippen molar-refractivity contribution < 1.29 is 34.4 Å². The number of sulfone groups is 1. The Morgan fingerprint density at radius 3 is 1.12 bits per heavy atom. The molecule has 11 heteroatoms. The molecule has 0 atom stereocenters. The van der Waals surface area contributed by atoms with Crippen molar-refractivity contribution in [3.8, 4) is 0 Å². The van der Waals surface area contributed by atoms with Gasteiger partial charge in [0.1, 0.15) is 9.84 Å². The zero-order chi connectivity index (χ0) is 13.7. The van der Waals surface area contributed by atoms with Gasteiger partial charge in [-0.1, -0.05) is 0 Å². The van der Waals surface area contributed by atoms with E-state index in [0.29, 0.717) is 0 Å². The highest BCUT2D eigenvalue weighted by Gasteiger charge is 2.15. The highest BCUT2D eigenvalue weighted by molar-refractivity contribution is 7.91. The molecular formula is C6H14O8S3. The average molecular weight is 310 g/mol. The van der Waals surface area contributed by atoms with E-state index in [4.69, 9.17) is 9.11 Å². The molecular weight excluding hydrogens is 296 g/mol. The maximum atomic E-state index is 11.2. The van der Waals surface area contributed by atoms with Crippen LogP contribution in [0.5, 0.6) is 0 Å². The van der Waals surface area contributed by atoms with E-state index in [1.165, 1.54) is 0 Å². The van der Waals surface area contributed by atoms with Crippen LogP contribution < -0.4 is 0 Å². The highest BCUT2D eigenvalue weighted by atomic mass is 32.2. The summed E-state index contributed by atoms with van der Waals surface area (Å²) in [4.78, 5) is 0. The molecule has 0 saturated heterocycles. The van der Waals surface area contributed by atoms with Gasteiger partial charge in [0, 0.05) is 0 Å². The van der Waals surface area contributed by atoms with Crippen LogP contribution in [0.1, 0.15) is 12.8 Å². The minimum atomic E-state index is -4.19. The van der Waals surface area contributed by atoms with Gasteiger partial charge in [0.2, 0.25) is 0 Å². The van der Waals surface area contributed by atoms with Crippen LogP contribution in [-0.2, 0) is 30.1 Å². The fraction of sp³-hybridized carbons (Fsp3) is 1.00. The molecule has 0 heterocycles. The molecule has 0 aliphatic rings. The van der Waals surface area contributed by atoms with Crippen molar-refractivity contribution >= 4 is 30.1 Å². The van der Waals surface area contributed by atoms with Gasteiger partial charge in [-0.25, -0.2) is 8.42 Å². The predicted molar refractivity (Wildman–Crippen MR) is 60.7 cm³/mol. The third-order valence-electron chi connectivity index (χ3n) is 1.72. The molecule has 0 fully saturated rings. The van der Waals surface area contributed by atoms with Crippen molar-refractivity contribution in [3.63, 3.8) is 0 Å². The van der Waals surface area contributed by atoms with Gasteiger partial charge in [-0.2, -0.15) is 16.8 Å². The zero-order valence-corrected chi connectivity index (χ0v) is 11.3. The fourth-order valence-corrected chi connectivity index (χ4v) is 3.78. The van der Waals surface area contributed by atoms with Crippen LogP contribution >= 0.6 is 0 Å². The van der Waals surface area contributed by atoms with E-state index < -0.39 is 53.1 Å². The van der Waals surface area contributed by atoms with Gasteiger partial charge in [0.05, 0.1) is 23.0 Å². The van der Waals surface area contributed by atoms with Gasteiger partial charge in [0.25, 0.3) is 20.2 Å². The van der Waals surface area contributed by atoms with E-state index in [-0.39, 0.29) is 12.8 Å². The summed E-state index contributed by atoms with van der Waals surface area (Å²) in [6.45, 7) is 0. The maximum absolute atomic E-state index is 11.2. The van der Waals surface area contributed by atoms with Crippen LogP contribution in [0.2, 0.25) is 0 Å². The normalized spacial score (nSPS) is 13.8. The topological polar surface area (TPSA) is 143 Å². The first kappa shape index (κ1) is 16.8. The highest BCUT2D eigenvalue weighted by Crippen LogP contribution is 2.00. The van der Waals surface area contributed by atoms with Crippen molar-refractivity contribution in [3.05, 3.63) is 0 Å². The van der Waals surface area contributed by atoms with Crippen molar-refractivity contribution in [1.29, 1.82) is 0 Å². The predicted octanol–water partition coefficient (Wildman–Crippen LogP) is -1.04. The summed E-state index contributed by atoms with van der Waals surface area (Å²) < 4.78 is 80.5. The van der Waals surface area contributed by atoms with Gasteiger partial charge in [0.15, 0.2) is 0 Å². The van der Waals surface area contributed by atoms with Crippen LogP contribution in [-0.4, -0.2) is 57.4 Å². The SMILES string of the molecule is O=S(=O)(O)CCCS(=O)(=O)CCCS(=O)(=O)O. The standard InChI is InChI=1S/C6H14O8S3/c7-15(8,3-1-5-16(9,10)11)4-2-6-17(12,13)14/h1-6H2,(H,9,10,11)(H,12,13,14). The summed E-state index contributed by atoms with van der Waals surface area (Å²) in [5.74, 6) is -2.24. The summed E-state index contributed by atoms with van der Waals surface area (Å²) in [7, 11) is -12.0. The second-order valence-electron chi connectivity index (χ2n) is 3.43. The molecule has 104 valence electrons. The van der Waals surface area contributed by atoms with Crippen molar-refractivity contribution in [1.82, 2.24) is 0 Å². The Kier molecular flexibility index (Phi) is 6.01. The minimum Gasteiger partial charge on any atom is -0.286 e. The Bertz CT molecular complexity index is 482. The maximum Gasteiger partial charge on any atom is 0.264 e. The molecule has 0 aromatic rings. The lowest BCUT2D eigenvalue weighted by molar-refractivity contribution is 0.480. The van der Waals surface area contributed by atoms with Gasteiger partial charge >= 0.3 is 0 Å². The molecule has 0 rings (SSSR count). The molecule has 0 unspecified atom stereocenters. The summed E-state index contributed by atoms with van der Waals surface area (Å²) in [5.41, 5.74) is 0. The van der Waals surface area contributed by atoms with E-state index in [1.54, 1.807) is 0 Å². The molecule has 2 N–H and O–H groups in total. The van der Waals surface area contributed by atoms with Crippen LogP contribution in [0, 0.1) is 0 Å². The lowest BCUT2D eigenvalue weighted by Crippen LogP contribution is -2.17. The fourth-order valence-electron chi connectivity index (χ4n) is 1.02.